The first-order chi connectivity index (χ1) is 9.74. The van der Waals surface area contributed by atoms with E-state index in [-0.39, 0.29) is 15.9 Å². The minimum atomic E-state index is -3.76. The van der Waals surface area contributed by atoms with Crippen LogP contribution in [-0.4, -0.2) is 36.9 Å². The van der Waals surface area contributed by atoms with E-state index in [9.17, 15) is 18.3 Å². The summed E-state index contributed by atoms with van der Waals surface area (Å²) in [6.07, 6.45) is 2.54. The van der Waals surface area contributed by atoms with Crippen LogP contribution in [0.2, 0.25) is 0 Å². The largest absolute Gasteiger partial charge is 0.478 e. The number of benzene rings is 1. The molecule has 1 aromatic rings. The molecule has 0 aromatic heterocycles. The molecule has 0 radical (unpaired) electrons. The van der Waals surface area contributed by atoms with Crippen LogP contribution in [0.1, 0.15) is 43.5 Å². The second kappa shape index (κ2) is 5.77. The van der Waals surface area contributed by atoms with E-state index >= 15 is 0 Å². The minimum Gasteiger partial charge on any atom is -0.478 e. The molecule has 1 heterocycles. The third kappa shape index (κ3) is 3.44. The molecule has 0 bridgehead atoms. The molecule has 1 fully saturated rings. The Labute approximate surface area is 125 Å². The van der Waals surface area contributed by atoms with Crippen molar-refractivity contribution < 1.29 is 18.3 Å². The van der Waals surface area contributed by atoms with Crippen molar-refractivity contribution in [2.24, 2.45) is 5.41 Å². The average Bonchev–Trinajstić information content (AvgIpc) is 2.60. The summed E-state index contributed by atoms with van der Waals surface area (Å²) in [6.45, 7) is 5.14. The summed E-state index contributed by atoms with van der Waals surface area (Å²) >= 11 is 0. The molecule has 1 aliphatic rings. The van der Waals surface area contributed by atoms with E-state index in [1.807, 2.05) is 0 Å². The second-order valence-electron chi connectivity index (χ2n) is 6.22. The lowest BCUT2D eigenvalue weighted by atomic mass is 9.85. The lowest BCUT2D eigenvalue weighted by Gasteiger charge is -2.23. The molecule has 0 spiro atoms. The predicted molar refractivity (Wildman–Crippen MR) is 79.8 cm³/mol. The van der Waals surface area contributed by atoms with Gasteiger partial charge in [0.05, 0.1) is 10.5 Å². The van der Waals surface area contributed by atoms with Crippen molar-refractivity contribution in [3.05, 3.63) is 29.8 Å². The molecule has 1 N–H and O–H groups in total. The molecule has 0 saturated carbocycles. The third-order valence-corrected chi connectivity index (χ3v) is 5.99. The molecule has 21 heavy (non-hydrogen) atoms. The highest BCUT2D eigenvalue weighted by Crippen LogP contribution is 2.32. The molecule has 2 rings (SSSR count). The number of carboxylic acids is 1. The summed E-state index contributed by atoms with van der Waals surface area (Å²) in [7, 11) is -3.76. The fourth-order valence-corrected chi connectivity index (χ4v) is 4.31. The van der Waals surface area contributed by atoms with Gasteiger partial charge in [0.25, 0.3) is 0 Å². The zero-order valence-electron chi connectivity index (χ0n) is 12.4. The van der Waals surface area contributed by atoms with Crippen molar-refractivity contribution in [1.29, 1.82) is 0 Å². The number of nitrogens with zero attached hydrogens (tertiary/aromatic N) is 1. The van der Waals surface area contributed by atoms with Crippen LogP contribution in [0.3, 0.4) is 0 Å². The molecule has 5 nitrogen and oxygen atoms in total. The van der Waals surface area contributed by atoms with Crippen LogP contribution < -0.4 is 0 Å². The number of rotatable bonds is 3. The maximum atomic E-state index is 12.7. The summed E-state index contributed by atoms with van der Waals surface area (Å²) in [5.41, 5.74) is -0.0441. The summed E-state index contributed by atoms with van der Waals surface area (Å²) in [5, 5.41) is 9.18. The van der Waals surface area contributed by atoms with Crippen molar-refractivity contribution in [2.45, 2.75) is 38.0 Å². The molecule has 0 aliphatic carbocycles. The Balaban J connectivity index is 2.37. The van der Waals surface area contributed by atoms with E-state index in [1.54, 1.807) is 6.07 Å². The number of sulfonamides is 1. The van der Waals surface area contributed by atoms with Gasteiger partial charge in [-0.05, 0) is 36.8 Å². The predicted octanol–water partition coefficient (Wildman–Crippen LogP) is 2.59. The molecule has 1 saturated heterocycles. The molecule has 0 unspecified atom stereocenters. The maximum Gasteiger partial charge on any atom is 0.337 e. The van der Waals surface area contributed by atoms with Crippen LogP contribution >= 0.6 is 0 Å². The molecule has 6 heteroatoms. The lowest BCUT2D eigenvalue weighted by molar-refractivity contribution is 0.0692. The molecular weight excluding hydrogens is 290 g/mol. The lowest BCUT2D eigenvalue weighted by Crippen LogP contribution is -2.33. The van der Waals surface area contributed by atoms with Crippen LogP contribution in [0.25, 0.3) is 0 Å². The number of carboxylic acid groups (broad SMARTS) is 1. The van der Waals surface area contributed by atoms with Crippen LogP contribution in [-0.2, 0) is 10.0 Å². The van der Waals surface area contributed by atoms with Gasteiger partial charge in [0.2, 0.25) is 10.0 Å². The van der Waals surface area contributed by atoms with Gasteiger partial charge in [-0.3, -0.25) is 0 Å². The second-order valence-corrected chi connectivity index (χ2v) is 8.13. The van der Waals surface area contributed by atoms with Crippen LogP contribution in [0.4, 0.5) is 0 Å². The van der Waals surface area contributed by atoms with Crippen molar-refractivity contribution in [1.82, 2.24) is 4.31 Å². The highest BCUT2D eigenvalue weighted by atomic mass is 32.2. The van der Waals surface area contributed by atoms with Crippen molar-refractivity contribution >= 4 is 16.0 Å². The molecule has 1 aliphatic heterocycles. The Bertz CT molecular complexity index is 637. The highest BCUT2D eigenvalue weighted by molar-refractivity contribution is 7.89. The fraction of sp³-hybridized carbons (Fsp3) is 0.533. The summed E-state index contributed by atoms with van der Waals surface area (Å²) in [5.74, 6) is -1.22. The molecule has 116 valence electrons. The van der Waals surface area contributed by atoms with Gasteiger partial charge in [-0.1, -0.05) is 26.0 Å². The first-order valence-electron chi connectivity index (χ1n) is 7.06. The smallest absolute Gasteiger partial charge is 0.337 e. The topological polar surface area (TPSA) is 74.7 Å². The normalized spacial score (nSPS) is 19.9. The van der Waals surface area contributed by atoms with Crippen LogP contribution in [0.15, 0.2) is 29.2 Å². The first kappa shape index (κ1) is 16.0. The van der Waals surface area contributed by atoms with Crippen LogP contribution in [0, 0.1) is 5.41 Å². The van der Waals surface area contributed by atoms with Gasteiger partial charge in [0.15, 0.2) is 0 Å². The van der Waals surface area contributed by atoms with Gasteiger partial charge in [0, 0.05) is 13.1 Å². The molecule has 0 amide bonds. The average molecular weight is 311 g/mol. The van der Waals surface area contributed by atoms with E-state index in [0.717, 1.165) is 19.3 Å². The van der Waals surface area contributed by atoms with Gasteiger partial charge in [-0.2, -0.15) is 4.31 Å². The van der Waals surface area contributed by atoms with Crippen molar-refractivity contribution in [3.63, 3.8) is 0 Å². The first-order valence-corrected chi connectivity index (χ1v) is 8.50. The monoisotopic (exact) mass is 311 g/mol. The van der Waals surface area contributed by atoms with Gasteiger partial charge in [-0.15, -0.1) is 0 Å². The minimum absolute atomic E-state index is 0.114. The Morgan fingerprint density at radius 1 is 1.19 bits per heavy atom. The van der Waals surface area contributed by atoms with Crippen molar-refractivity contribution in [2.75, 3.05) is 13.1 Å². The Morgan fingerprint density at radius 2 is 1.86 bits per heavy atom. The van der Waals surface area contributed by atoms with Gasteiger partial charge < -0.3 is 5.11 Å². The number of hydrogen-bond acceptors (Lipinski definition) is 3. The van der Waals surface area contributed by atoms with E-state index in [4.69, 9.17) is 0 Å². The van der Waals surface area contributed by atoms with Gasteiger partial charge in [-0.25, -0.2) is 13.2 Å². The Hall–Kier alpha value is -1.40. The quantitative estimate of drug-likeness (QED) is 0.931. The number of aromatic carboxylic acids is 1. The molecule has 1 aromatic carbocycles. The van der Waals surface area contributed by atoms with E-state index in [0.29, 0.717) is 13.1 Å². The zero-order chi connectivity index (χ0) is 15.7. The van der Waals surface area contributed by atoms with E-state index in [1.165, 1.54) is 22.5 Å². The SMILES string of the molecule is CC1(C)CCCN(S(=O)(=O)c2ccccc2C(=O)O)CC1. The number of hydrogen-bond donors (Lipinski definition) is 1. The summed E-state index contributed by atoms with van der Waals surface area (Å²) < 4.78 is 26.9. The van der Waals surface area contributed by atoms with Gasteiger partial charge >= 0.3 is 5.97 Å². The third-order valence-electron chi connectivity index (χ3n) is 4.03. The Morgan fingerprint density at radius 3 is 2.52 bits per heavy atom. The Kier molecular flexibility index (Phi) is 4.39. The standard InChI is InChI=1S/C15H21NO4S/c1-15(2)8-5-10-16(11-9-15)21(19,20)13-7-4-3-6-12(13)14(17)18/h3-4,6-7H,5,8-11H2,1-2H3,(H,17,18). The van der Waals surface area contributed by atoms with Crippen LogP contribution in [0.5, 0.6) is 0 Å². The van der Waals surface area contributed by atoms with Gasteiger partial charge in [0.1, 0.15) is 0 Å². The maximum absolute atomic E-state index is 12.7. The van der Waals surface area contributed by atoms with Crippen molar-refractivity contribution in [3.8, 4) is 0 Å². The summed E-state index contributed by atoms with van der Waals surface area (Å²) in [4.78, 5) is 11.1. The van der Waals surface area contributed by atoms with E-state index < -0.39 is 16.0 Å². The summed E-state index contributed by atoms with van der Waals surface area (Å²) in [6, 6.07) is 5.79. The number of carbonyl (C=O) groups is 1. The van der Waals surface area contributed by atoms with E-state index in [2.05, 4.69) is 13.8 Å². The fourth-order valence-electron chi connectivity index (χ4n) is 2.65. The zero-order valence-corrected chi connectivity index (χ0v) is 13.2. The highest BCUT2D eigenvalue weighted by Gasteiger charge is 2.32. The molecule has 0 atom stereocenters. The molecular formula is C15H21NO4S.